The van der Waals surface area contributed by atoms with Crippen molar-refractivity contribution in [1.82, 2.24) is 10.6 Å². The van der Waals surface area contributed by atoms with E-state index in [1.807, 2.05) is 0 Å². The first kappa shape index (κ1) is 26.8. The largest absolute Gasteiger partial charge is 0.454 e. The van der Waals surface area contributed by atoms with Gasteiger partial charge in [0.2, 0.25) is 24.8 Å². The lowest BCUT2D eigenvalue weighted by Gasteiger charge is -2.25. The lowest BCUT2D eigenvalue weighted by molar-refractivity contribution is -0.130. The minimum atomic E-state index is -1.38. The van der Waals surface area contributed by atoms with Gasteiger partial charge in [0.15, 0.2) is 23.1 Å². The molecule has 3 aromatic rings. The van der Waals surface area contributed by atoms with Crippen LogP contribution in [-0.2, 0) is 20.8 Å². The zero-order valence-corrected chi connectivity index (χ0v) is 21.7. The highest BCUT2D eigenvalue weighted by molar-refractivity contribution is 6.21. The van der Waals surface area contributed by atoms with Crippen molar-refractivity contribution in [3.05, 3.63) is 89.0 Å². The van der Waals surface area contributed by atoms with Crippen LogP contribution in [0.5, 0.6) is 11.5 Å². The summed E-state index contributed by atoms with van der Waals surface area (Å²) in [5, 5.41) is 5.21. The number of anilines is 1. The van der Waals surface area contributed by atoms with Gasteiger partial charge in [-0.25, -0.2) is 13.8 Å². The Kier molecular flexibility index (Phi) is 7.45. The number of fused-ring (bicyclic) bond motifs is 2. The molecule has 0 saturated heterocycles. The number of ether oxygens (including phenoxy) is 2. The number of carbonyl (C=O) groups excluding carboxylic acids is 3. The number of aliphatic imine (C=N–C) groups is 1. The van der Waals surface area contributed by atoms with Crippen molar-refractivity contribution in [1.29, 1.82) is 0 Å². The highest BCUT2D eigenvalue weighted by Crippen LogP contribution is 2.35. The van der Waals surface area contributed by atoms with E-state index in [0.717, 1.165) is 12.1 Å². The number of para-hydroxylation sites is 1. The fourth-order valence-electron chi connectivity index (χ4n) is 4.57. The highest BCUT2D eigenvalue weighted by Gasteiger charge is 2.35. The van der Waals surface area contributed by atoms with Crippen molar-refractivity contribution in [2.75, 3.05) is 25.3 Å². The van der Waals surface area contributed by atoms with Crippen LogP contribution in [0.1, 0.15) is 23.6 Å². The number of benzodiazepines with no additional fused rings is 1. The maximum absolute atomic E-state index is 13.8. The Hall–Kier alpha value is -4.80. The van der Waals surface area contributed by atoms with Crippen LogP contribution in [0.3, 0.4) is 0 Å². The van der Waals surface area contributed by atoms with Crippen LogP contribution in [0.15, 0.2) is 65.7 Å². The summed E-state index contributed by atoms with van der Waals surface area (Å²) in [6, 6.07) is 15.7. The Labute approximate surface area is 228 Å². The Morgan fingerprint density at radius 2 is 1.82 bits per heavy atom. The maximum atomic E-state index is 13.8. The summed E-state index contributed by atoms with van der Waals surface area (Å²) in [4.78, 5) is 45.4. The molecule has 3 amide bonds. The number of carbonyl (C=O) groups is 3. The third-order valence-electron chi connectivity index (χ3n) is 6.69. The fraction of sp³-hybridized carbons (Fsp3) is 0.241. The molecule has 9 nitrogen and oxygen atoms in total. The molecule has 0 bridgehead atoms. The molecule has 2 aliphatic rings. The lowest BCUT2D eigenvalue weighted by atomic mass is 9.99. The topological polar surface area (TPSA) is 109 Å². The normalized spacial score (nSPS) is 16.5. The smallest absolute Gasteiger partial charge is 0.272 e. The molecule has 0 fully saturated rings. The average Bonchev–Trinajstić information content (AvgIpc) is 3.39. The molecular weight excluding hydrogens is 522 g/mol. The summed E-state index contributed by atoms with van der Waals surface area (Å²) in [5.41, 5.74) is 2.46. The van der Waals surface area contributed by atoms with E-state index in [0.29, 0.717) is 39.6 Å². The number of halogens is 2. The molecule has 206 valence electrons. The van der Waals surface area contributed by atoms with Crippen molar-refractivity contribution in [3.63, 3.8) is 0 Å². The average molecular weight is 549 g/mol. The SMILES string of the molecule is CNC(=O)CN1C(=O)[C@@H](NC(=O)[C@@H](C)Cc2ccc(F)c(F)c2)N=C(c2ccc3c(c2)OCO3)c2ccccc21. The van der Waals surface area contributed by atoms with Crippen molar-refractivity contribution < 1.29 is 32.6 Å². The van der Waals surface area contributed by atoms with Gasteiger partial charge in [0.05, 0.1) is 11.4 Å². The van der Waals surface area contributed by atoms with E-state index in [1.165, 1.54) is 18.0 Å². The van der Waals surface area contributed by atoms with Gasteiger partial charge in [-0.3, -0.25) is 19.3 Å². The second kappa shape index (κ2) is 11.1. The summed E-state index contributed by atoms with van der Waals surface area (Å²) in [7, 11) is 1.46. The van der Waals surface area contributed by atoms with Crippen molar-refractivity contribution in [2.24, 2.45) is 10.9 Å². The van der Waals surface area contributed by atoms with Gasteiger partial charge >= 0.3 is 0 Å². The van der Waals surface area contributed by atoms with Gasteiger partial charge in [0, 0.05) is 24.1 Å². The Morgan fingerprint density at radius 3 is 2.60 bits per heavy atom. The number of benzene rings is 3. The van der Waals surface area contributed by atoms with E-state index in [1.54, 1.807) is 49.4 Å². The second-order valence-electron chi connectivity index (χ2n) is 9.43. The van der Waals surface area contributed by atoms with Crippen molar-refractivity contribution in [3.8, 4) is 11.5 Å². The van der Waals surface area contributed by atoms with Gasteiger partial charge in [-0.1, -0.05) is 31.2 Å². The molecule has 0 aromatic heterocycles. The summed E-state index contributed by atoms with van der Waals surface area (Å²) in [6.45, 7) is 1.39. The number of amides is 3. The molecule has 2 N–H and O–H groups in total. The first-order valence-corrected chi connectivity index (χ1v) is 12.6. The number of hydrogen-bond donors (Lipinski definition) is 2. The van der Waals surface area contributed by atoms with Crippen LogP contribution in [0.25, 0.3) is 0 Å². The quantitative estimate of drug-likeness (QED) is 0.472. The molecule has 40 heavy (non-hydrogen) atoms. The number of hydrogen-bond acceptors (Lipinski definition) is 6. The van der Waals surface area contributed by atoms with Gasteiger partial charge in [0.1, 0.15) is 6.54 Å². The molecule has 5 rings (SSSR count). The third kappa shape index (κ3) is 5.35. The highest BCUT2D eigenvalue weighted by atomic mass is 19.2. The predicted octanol–water partition coefficient (Wildman–Crippen LogP) is 2.94. The molecule has 0 unspecified atom stereocenters. The van der Waals surface area contributed by atoms with Crippen LogP contribution >= 0.6 is 0 Å². The van der Waals surface area contributed by atoms with E-state index in [4.69, 9.17) is 9.47 Å². The number of nitrogens with zero attached hydrogens (tertiary/aromatic N) is 2. The number of likely N-dealkylation sites (N-methyl/N-ethyl adjacent to an activating group) is 1. The number of nitrogens with one attached hydrogen (secondary N) is 2. The van der Waals surface area contributed by atoms with Crippen LogP contribution in [-0.4, -0.2) is 50.0 Å². The first-order valence-electron chi connectivity index (χ1n) is 12.6. The summed E-state index contributed by atoms with van der Waals surface area (Å²) >= 11 is 0. The monoisotopic (exact) mass is 548 g/mol. The molecule has 2 atom stereocenters. The molecular formula is C29H26F2N4O5. The van der Waals surface area contributed by atoms with Crippen LogP contribution < -0.4 is 25.0 Å². The summed E-state index contributed by atoms with van der Waals surface area (Å²) < 4.78 is 38.0. The van der Waals surface area contributed by atoms with Crippen molar-refractivity contribution >= 4 is 29.1 Å². The van der Waals surface area contributed by atoms with Gasteiger partial charge < -0.3 is 20.1 Å². The molecule has 0 saturated carbocycles. The predicted molar refractivity (Wildman–Crippen MR) is 142 cm³/mol. The summed E-state index contributed by atoms with van der Waals surface area (Å²) in [6.07, 6.45) is -1.28. The van der Waals surface area contributed by atoms with Crippen LogP contribution in [0.2, 0.25) is 0 Å². The minimum Gasteiger partial charge on any atom is -0.454 e. The Bertz CT molecular complexity index is 1530. The molecule has 11 heteroatoms. The minimum absolute atomic E-state index is 0.0781. The van der Waals surface area contributed by atoms with Crippen molar-refractivity contribution in [2.45, 2.75) is 19.5 Å². The van der Waals surface area contributed by atoms with Crippen LogP contribution in [0.4, 0.5) is 14.5 Å². The summed E-state index contributed by atoms with van der Waals surface area (Å²) in [5.74, 6) is -3.17. The lowest BCUT2D eigenvalue weighted by Crippen LogP contribution is -2.51. The molecule has 2 aliphatic heterocycles. The van der Waals surface area contributed by atoms with E-state index in [-0.39, 0.29) is 19.8 Å². The first-order chi connectivity index (χ1) is 19.2. The van der Waals surface area contributed by atoms with Gasteiger partial charge in [-0.05, 0) is 48.4 Å². The van der Waals surface area contributed by atoms with Gasteiger partial charge in [-0.2, -0.15) is 0 Å². The molecule has 0 aliphatic carbocycles. The standard InChI is InChI=1S/C29H26F2N4O5/c1-16(11-17-7-9-20(30)21(31)12-17)28(37)34-27-29(38)35(14-25(36)32-2)22-6-4-3-5-19(22)26(33-27)18-8-10-23-24(13-18)40-15-39-23/h3-10,12-13,16,27H,11,14-15H2,1-2H3,(H,32,36)(H,34,37)/t16-,27+/m0/s1. The maximum Gasteiger partial charge on any atom is 0.272 e. The van der Waals surface area contributed by atoms with E-state index in [2.05, 4.69) is 15.6 Å². The van der Waals surface area contributed by atoms with E-state index >= 15 is 0 Å². The molecule has 2 heterocycles. The Balaban J connectivity index is 1.51. The van der Waals surface area contributed by atoms with Crippen LogP contribution in [0, 0.1) is 17.6 Å². The zero-order chi connectivity index (χ0) is 28.4. The van der Waals surface area contributed by atoms with E-state index < -0.39 is 41.4 Å². The number of rotatable bonds is 7. The molecule has 3 aromatic carbocycles. The van der Waals surface area contributed by atoms with Gasteiger partial charge in [-0.15, -0.1) is 0 Å². The Morgan fingerprint density at radius 1 is 1.05 bits per heavy atom. The fourth-order valence-corrected chi connectivity index (χ4v) is 4.57. The third-order valence-corrected chi connectivity index (χ3v) is 6.69. The van der Waals surface area contributed by atoms with Gasteiger partial charge in [0.25, 0.3) is 5.91 Å². The molecule has 0 radical (unpaired) electrons. The molecule has 0 spiro atoms. The zero-order valence-electron chi connectivity index (χ0n) is 21.7. The van der Waals surface area contributed by atoms with E-state index in [9.17, 15) is 23.2 Å². The second-order valence-corrected chi connectivity index (χ2v) is 9.43.